The molecule has 0 radical (unpaired) electrons. The van der Waals surface area contributed by atoms with Gasteiger partial charge in [0.1, 0.15) is 5.78 Å². The van der Waals surface area contributed by atoms with Crippen molar-refractivity contribution in [1.29, 1.82) is 0 Å². The van der Waals surface area contributed by atoms with Crippen LogP contribution >= 0.6 is 0 Å². The van der Waals surface area contributed by atoms with E-state index in [0.717, 1.165) is 5.56 Å². The fourth-order valence-corrected chi connectivity index (χ4v) is 1.62. The molecule has 19 heavy (non-hydrogen) atoms. The van der Waals surface area contributed by atoms with Crippen LogP contribution in [0.15, 0.2) is 16.9 Å². The zero-order valence-electron chi connectivity index (χ0n) is 11.3. The van der Waals surface area contributed by atoms with Gasteiger partial charge in [-0.1, -0.05) is 19.0 Å². The van der Waals surface area contributed by atoms with E-state index in [2.05, 4.69) is 20.1 Å². The molecule has 0 amide bonds. The van der Waals surface area contributed by atoms with Gasteiger partial charge < -0.3 is 4.52 Å². The second-order valence-corrected chi connectivity index (χ2v) is 4.91. The molecule has 0 aliphatic heterocycles. The summed E-state index contributed by atoms with van der Waals surface area (Å²) in [5.41, 5.74) is 0.958. The number of nitrogens with zero attached hydrogens (tertiary/aromatic N) is 4. The highest BCUT2D eigenvalue weighted by atomic mass is 16.5. The van der Waals surface area contributed by atoms with Gasteiger partial charge in [-0.2, -0.15) is 4.98 Å². The Balaban J connectivity index is 2.07. The molecular formula is C13H16N4O2. The molecule has 0 unspecified atom stereocenters. The Hall–Kier alpha value is -2.11. The largest absolute Gasteiger partial charge is 0.338 e. The normalized spacial score (nSPS) is 10.9. The highest BCUT2D eigenvalue weighted by molar-refractivity contribution is 5.80. The van der Waals surface area contributed by atoms with Crippen molar-refractivity contribution in [2.24, 2.45) is 5.92 Å². The third kappa shape index (κ3) is 3.67. The van der Waals surface area contributed by atoms with Crippen LogP contribution in [0.3, 0.4) is 0 Å². The number of aromatic nitrogens is 4. The minimum Gasteiger partial charge on any atom is -0.338 e. The standard InChI is InChI=1S/C13H16N4O2/c1-8(2)4-10(18)5-11-16-13(17-19-11)12-14-6-9(3)7-15-12/h6-8H,4-5H2,1-3H3. The molecule has 0 aliphatic rings. The molecule has 100 valence electrons. The molecule has 6 nitrogen and oxygen atoms in total. The van der Waals surface area contributed by atoms with Crippen molar-refractivity contribution in [2.75, 3.05) is 0 Å². The molecule has 2 aromatic heterocycles. The van der Waals surface area contributed by atoms with Gasteiger partial charge in [0, 0.05) is 18.8 Å². The first kappa shape index (κ1) is 13.3. The van der Waals surface area contributed by atoms with Crippen molar-refractivity contribution in [1.82, 2.24) is 20.1 Å². The van der Waals surface area contributed by atoms with Gasteiger partial charge in [-0.25, -0.2) is 9.97 Å². The van der Waals surface area contributed by atoms with Gasteiger partial charge in [-0.3, -0.25) is 4.79 Å². The molecule has 0 bridgehead atoms. The van der Waals surface area contributed by atoms with Crippen LogP contribution in [-0.4, -0.2) is 25.9 Å². The van der Waals surface area contributed by atoms with E-state index >= 15 is 0 Å². The Morgan fingerprint density at radius 2 is 1.95 bits per heavy atom. The summed E-state index contributed by atoms with van der Waals surface area (Å²) in [6.07, 6.45) is 4.04. The number of rotatable bonds is 5. The Labute approximate surface area is 111 Å². The van der Waals surface area contributed by atoms with E-state index in [0.29, 0.717) is 29.9 Å². The van der Waals surface area contributed by atoms with E-state index in [-0.39, 0.29) is 12.2 Å². The van der Waals surface area contributed by atoms with Crippen LogP contribution in [0.1, 0.15) is 31.7 Å². The Bertz CT molecular complexity index is 560. The van der Waals surface area contributed by atoms with Crippen LogP contribution in [-0.2, 0) is 11.2 Å². The van der Waals surface area contributed by atoms with Crippen molar-refractivity contribution in [2.45, 2.75) is 33.6 Å². The second kappa shape index (κ2) is 5.69. The van der Waals surface area contributed by atoms with Crippen LogP contribution in [0.25, 0.3) is 11.6 Å². The lowest BCUT2D eigenvalue weighted by Gasteiger charge is -2.00. The summed E-state index contributed by atoms with van der Waals surface area (Å²) in [7, 11) is 0. The van der Waals surface area contributed by atoms with E-state index in [1.165, 1.54) is 0 Å². The lowest BCUT2D eigenvalue weighted by atomic mass is 10.1. The quantitative estimate of drug-likeness (QED) is 0.817. The highest BCUT2D eigenvalue weighted by Gasteiger charge is 2.14. The van der Waals surface area contributed by atoms with Crippen LogP contribution in [0.5, 0.6) is 0 Å². The fourth-order valence-electron chi connectivity index (χ4n) is 1.62. The first-order chi connectivity index (χ1) is 9.04. The molecule has 0 aliphatic carbocycles. The van der Waals surface area contributed by atoms with Gasteiger partial charge >= 0.3 is 0 Å². The van der Waals surface area contributed by atoms with E-state index < -0.39 is 0 Å². The zero-order valence-corrected chi connectivity index (χ0v) is 11.3. The molecule has 0 N–H and O–H groups in total. The first-order valence-corrected chi connectivity index (χ1v) is 6.18. The van der Waals surface area contributed by atoms with Crippen molar-refractivity contribution >= 4 is 5.78 Å². The third-order valence-corrected chi connectivity index (χ3v) is 2.43. The smallest absolute Gasteiger partial charge is 0.240 e. The van der Waals surface area contributed by atoms with Crippen LogP contribution in [0.4, 0.5) is 0 Å². The summed E-state index contributed by atoms with van der Waals surface area (Å²) in [5.74, 6) is 1.44. The van der Waals surface area contributed by atoms with Crippen molar-refractivity contribution in [3.05, 3.63) is 23.8 Å². The molecule has 0 spiro atoms. The molecule has 0 aromatic carbocycles. The van der Waals surface area contributed by atoms with Gasteiger partial charge in [0.2, 0.25) is 17.5 Å². The van der Waals surface area contributed by atoms with E-state index in [1.54, 1.807) is 12.4 Å². The summed E-state index contributed by atoms with van der Waals surface area (Å²) in [6, 6.07) is 0. The van der Waals surface area contributed by atoms with Gasteiger partial charge in [-0.15, -0.1) is 0 Å². The number of hydrogen-bond donors (Lipinski definition) is 0. The minimum atomic E-state index is 0.0926. The number of Topliss-reactive ketones (excluding diaryl/α,β-unsaturated/α-hetero) is 1. The topological polar surface area (TPSA) is 81.8 Å². The molecule has 2 heterocycles. The van der Waals surface area contributed by atoms with Crippen molar-refractivity contribution < 1.29 is 9.32 Å². The van der Waals surface area contributed by atoms with Crippen LogP contribution in [0.2, 0.25) is 0 Å². The van der Waals surface area contributed by atoms with Gasteiger partial charge in [0.15, 0.2) is 0 Å². The maximum atomic E-state index is 11.7. The minimum absolute atomic E-state index is 0.0926. The molecule has 0 saturated heterocycles. The lowest BCUT2D eigenvalue weighted by molar-refractivity contribution is -0.119. The third-order valence-electron chi connectivity index (χ3n) is 2.43. The van der Waals surface area contributed by atoms with E-state index in [9.17, 15) is 4.79 Å². The Kier molecular flexibility index (Phi) is 3.99. The number of carbonyl (C=O) groups excluding carboxylic acids is 1. The summed E-state index contributed by atoms with van der Waals surface area (Å²) in [4.78, 5) is 24.0. The van der Waals surface area contributed by atoms with Crippen molar-refractivity contribution in [3.63, 3.8) is 0 Å². The Morgan fingerprint density at radius 3 is 2.58 bits per heavy atom. The van der Waals surface area contributed by atoms with E-state index in [1.807, 2.05) is 20.8 Å². The predicted molar refractivity (Wildman–Crippen MR) is 68.2 cm³/mol. The van der Waals surface area contributed by atoms with E-state index in [4.69, 9.17) is 4.52 Å². The SMILES string of the molecule is Cc1cnc(-c2noc(CC(=O)CC(C)C)n2)nc1. The maximum absolute atomic E-state index is 11.7. The molecule has 2 aromatic rings. The monoisotopic (exact) mass is 260 g/mol. The average molecular weight is 260 g/mol. The number of ketones is 1. The van der Waals surface area contributed by atoms with Crippen molar-refractivity contribution in [3.8, 4) is 11.6 Å². The molecule has 0 fully saturated rings. The van der Waals surface area contributed by atoms with Gasteiger partial charge in [0.05, 0.1) is 6.42 Å². The van der Waals surface area contributed by atoms with Gasteiger partial charge in [0.25, 0.3) is 0 Å². The summed E-state index contributed by atoms with van der Waals surface area (Å²) in [5, 5.41) is 3.78. The molecule has 6 heteroatoms. The number of aryl methyl sites for hydroxylation is 1. The molecular weight excluding hydrogens is 244 g/mol. The van der Waals surface area contributed by atoms with Gasteiger partial charge in [-0.05, 0) is 18.4 Å². The summed E-state index contributed by atoms with van der Waals surface area (Å²) >= 11 is 0. The average Bonchev–Trinajstić information content (AvgIpc) is 2.77. The number of hydrogen-bond acceptors (Lipinski definition) is 6. The molecule has 0 atom stereocenters. The summed E-state index contributed by atoms with van der Waals surface area (Å²) < 4.78 is 5.04. The molecule has 2 rings (SSSR count). The highest BCUT2D eigenvalue weighted by Crippen LogP contribution is 2.11. The lowest BCUT2D eigenvalue weighted by Crippen LogP contribution is -2.06. The molecule has 0 saturated carbocycles. The van der Waals surface area contributed by atoms with Crippen LogP contribution in [0, 0.1) is 12.8 Å². The fraction of sp³-hybridized carbons (Fsp3) is 0.462. The zero-order chi connectivity index (χ0) is 13.8. The summed E-state index contributed by atoms with van der Waals surface area (Å²) in [6.45, 7) is 5.89. The maximum Gasteiger partial charge on any atom is 0.240 e. The predicted octanol–water partition coefficient (Wildman–Crippen LogP) is 1.99. The second-order valence-electron chi connectivity index (χ2n) is 4.91. The number of carbonyl (C=O) groups is 1. The van der Waals surface area contributed by atoms with Crippen LogP contribution < -0.4 is 0 Å². The Morgan fingerprint density at radius 1 is 1.26 bits per heavy atom. The first-order valence-electron chi connectivity index (χ1n) is 6.18.